The van der Waals surface area contributed by atoms with Gasteiger partial charge in [-0.2, -0.15) is 0 Å². The van der Waals surface area contributed by atoms with Crippen LogP contribution >= 0.6 is 0 Å². The van der Waals surface area contributed by atoms with Gasteiger partial charge in [0.25, 0.3) is 0 Å². The molecule has 1 N–H and O–H groups in total. The van der Waals surface area contributed by atoms with Crippen LogP contribution in [0, 0.1) is 5.92 Å². The number of hydrogen-bond acceptors (Lipinski definition) is 1. The van der Waals surface area contributed by atoms with Crippen LogP contribution in [-0.4, -0.2) is 11.2 Å². The average molecular weight is 230 g/mol. The lowest BCUT2D eigenvalue weighted by molar-refractivity contribution is 0.136. The third kappa shape index (κ3) is 2.01. The normalized spacial score (nSPS) is 33.6. The first-order chi connectivity index (χ1) is 8.25. The Morgan fingerprint density at radius 2 is 1.59 bits per heavy atom. The molecule has 3 rings (SSSR count). The summed E-state index contributed by atoms with van der Waals surface area (Å²) in [5.74, 6) is 1.82. The molecule has 3 unspecified atom stereocenters. The highest BCUT2D eigenvalue weighted by Gasteiger charge is 2.32. The maximum Gasteiger partial charge on any atom is 0.0571 e. The summed E-state index contributed by atoms with van der Waals surface area (Å²) in [4.78, 5) is 0. The van der Waals surface area contributed by atoms with Gasteiger partial charge in [-0.25, -0.2) is 0 Å². The summed E-state index contributed by atoms with van der Waals surface area (Å²) in [5.41, 5.74) is 2.95. The molecule has 3 atom stereocenters. The third-order valence-corrected chi connectivity index (χ3v) is 4.96. The predicted octanol–water partition coefficient (Wildman–Crippen LogP) is 3.83. The molecule has 1 aromatic rings. The van der Waals surface area contributed by atoms with Gasteiger partial charge >= 0.3 is 0 Å². The average Bonchev–Trinajstić information content (AvgIpc) is 2.59. The summed E-state index contributed by atoms with van der Waals surface area (Å²) in [5, 5.41) is 9.82. The van der Waals surface area contributed by atoms with E-state index < -0.39 is 0 Å². The van der Waals surface area contributed by atoms with Crippen LogP contribution in [0.4, 0.5) is 0 Å². The molecule has 0 heterocycles. The monoisotopic (exact) mass is 230 g/mol. The van der Waals surface area contributed by atoms with Crippen molar-refractivity contribution < 1.29 is 5.11 Å². The minimum absolute atomic E-state index is 0.0914. The van der Waals surface area contributed by atoms with E-state index in [0.29, 0.717) is 11.8 Å². The zero-order chi connectivity index (χ0) is 11.8. The van der Waals surface area contributed by atoms with Gasteiger partial charge in [0.15, 0.2) is 0 Å². The summed E-state index contributed by atoms with van der Waals surface area (Å²) in [6.07, 6.45) is 6.17. The van der Waals surface area contributed by atoms with Crippen molar-refractivity contribution in [3.63, 3.8) is 0 Å². The van der Waals surface area contributed by atoms with Crippen LogP contribution < -0.4 is 0 Å². The first kappa shape index (κ1) is 11.3. The van der Waals surface area contributed by atoms with Crippen LogP contribution in [0.15, 0.2) is 24.3 Å². The van der Waals surface area contributed by atoms with Crippen molar-refractivity contribution in [1.29, 1.82) is 0 Å². The molecule has 1 nitrogen and oxygen atoms in total. The third-order valence-electron chi connectivity index (χ3n) is 4.96. The van der Waals surface area contributed by atoms with E-state index >= 15 is 0 Å². The largest absolute Gasteiger partial charge is 0.393 e. The van der Waals surface area contributed by atoms with E-state index in [0.717, 1.165) is 18.8 Å². The predicted molar refractivity (Wildman–Crippen MR) is 70.2 cm³/mol. The Labute approximate surface area is 104 Å². The summed E-state index contributed by atoms with van der Waals surface area (Å²) in [6, 6.07) is 9.23. The van der Waals surface area contributed by atoms with E-state index in [1.54, 1.807) is 0 Å². The number of aliphatic hydroxyl groups excluding tert-OH is 1. The van der Waals surface area contributed by atoms with Crippen LogP contribution in [0.25, 0.3) is 0 Å². The first-order valence-corrected chi connectivity index (χ1v) is 7.03. The highest BCUT2D eigenvalue weighted by atomic mass is 16.3. The number of aliphatic hydroxyl groups is 1. The second-order valence-electron chi connectivity index (χ2n) is 5.90. The maximum absolute atomic E-state index is 9.82. The Kier molecular flexibility index (Phi) is 2.96. The van der Waals surface area contributed by atoms with Crippen molar-refractivity contribution in [3.8, 4) is 0 Å². The summed E-state index contributed by atoms with van der Waals surface area (Å²) >= 11 is 0. The highest BCUT2D eigenvalue weighted by molar-refractivity contribution is 5.29. The molecule has 92 valence electrons. The van der Waals surface area contributed by atoms with Crippen LogP contribution in [0.5, 0.6) is 0 Å². The molecule has 1 heteroatoms. The van der Waals surface area contributed by atoms with Crippen molar-refractivity contribution in [3.05, 3.63) is 35.4 Å². The van der Waals surface area contributed by atoms with Crippen molar-refractivity contribution in [2.75, 3.05) is 0 Å². The van der Waals surface area contributed by atoms with E-state index in [4.69, 9.17) is 0 Å². The second kappa shape index (κ2) is 4.45. The molecule has 2 aliphatic rings. The Hall–Kier alpha value is -0.820. The zero-order valence-electron chi connectivity index (χ0n) is 10.6. The van der Waals surface area contributed by atoms with Crippen LogP contribution in [0.3, 0.4) is 0 Å². The maximum atomic E-state index is 9.82. The van der Waals surface area contributed by atoms with Crippen LogP contribution in [0.1, 0.15) is 62.0 Å². The molecular formula is C16H22O. The summed E-state index contributed by atoms with van der Waals surface area (Å²) in [6.45, 7) is 2.18. The first-order valence-electron chi connectivity index (χ1n) is 7.03. The van der Waals surface area contributed by atoms with E-state index in [-0.39, 0.29) is 6.10 Å². The Morgan fingerprint density at radius 3 is 2.06 bits per heavy atom. The summed E-state index contributed by atoms with van der Waals surface area (Å²) in [7, 11) is 0. The lowest BCUT2D eigenvalue weighted by Crippen LogP contribution is -2.14. The molecule has 2 fully saturated rings. The summed E-state index contributed by atoms with van der Waals surface area (Å²) < 4.78 is 0. The lowest BCUT2D eigenvalue weighted by atomic mass is 9.79. The van der Waals surface area contributed by atoms with Gasteiger partial charge in [0, 0.05) is 0 Å². The van der Waals surface area contributed by atoms with Crippen molar-refractivity contribution in [1.82, 2.24) is 0 Å². The molecule has 0 radical (unpaired) electrons. The molecule has 17 heavy (non-hydrogen) atoms. The van der Waals surface area contributed by atoms with Gasteiger partial charge in [0.05, 0.1) is 6.10 Å². The molecule has 1 aromatic carbocycles. The minimum Gasteiger partial charge on any atom is -0.393 e. The molecular weight excluding hydrogens is 208 g/mol. The van der Waals surface area contributed by atoms with Crippen LogP contribution in [0.2, 0.25) is 0 Å². The standard InChI is InChI=1S/C16H22O/c1-11-15(9-10-16(11)17)14-7-5-13(6-8-14)12-3-2-4-12/h5-8,11-12,15-17H,2-4,9-10H2,1H3. The molecule has 0 bridgehead atoms. The number of hydrogen-bond donors (Lipinski definition) is 1. The Balaban J connectivity index is 1.75. The number of rotatable bonds is 2. The fraction of sp³-hybridized carbons (Fsp3) is 0.625. The SMILES string of the molecule is CC1C(O)CCC1c1ccc(C2CCC2)cc1. The fourth-order valence-corrected chi connectivity index (χ4v) is 3.37. The second-order valence-corrected chi connectivity index (χ2v) is 5.90. The van der Waals surface area contributed by atoms with E-state index in [1.165, 1.54) is 30.4 Å². The van der Waals surface area contributed by atoms with E-state index in [2.05, 4.69) is 31.2 Å². The van der Waals surface area contributed by atoms with Gasteiger partial charge in [-0.05, 0) is 54.6 Å². The molecule has 0 spiro atoms. The van der Waals surface area contributed by atoms with Crippen molar-refractivity contribution in [2.24, 2.45) is 5.92 Å². The topological polar surface area (TPSA) is 20.2 Å². The molecule has 0 saturated heterocycles. The van der Waals surface area contributed by atoms with Gasteiger partial charge < -0.3 is 5.11 Å². The van der Waals surface area contributed by atoms with Gasteiger partial charge in [0.2, 0.25) is 0 Å². The van der Waals surface area contributed by atoms with Gasteiger partial charge in [-0.3, -0.25) is 0 Å². The quantitative estimate of drug-likeness (QED) is 0.818. The van der Waals surface area contributed by atoms with Gasteiger partial charge in [0.1, 0.15) is 0 Å². The van der Waals surface area contributed by atoms with Gasteiger partial charge in [-0.1, -0.05) is 37.6 Å². The minimum atomic E-state index is -0.0914. The van der Waals surface area contributed by atoms with E-state index in [9.17, 15) is 5.11 Å². The van der Waals surface area contributed by atoms with Crippen LogP contribution in [-0.2, 0) is 0 Å². The molecule has 0 aliphatic heterocycles. The van der Waals surface area contributed by atoms with Crippen molar-refractivity contribution >= 4 is 0 Å². The lowest BCUT2D eigenvalue weighted by Gasteiger charge is -2.26. The Morgan fingerprint density at radius 1 is 0.941 bits per heavy atom. The number of benzene rings is 1. The molecule has 0 aromatic heterocycles. The molecule has 2 saturated carbocycles. The highest BCUT2D eigenvalue weighted by Crippen LogP contribution is 2.41. The molecule has 0 amide bonds. The van der Waals surface area contributed by atoms with E-state index in [1.807, 2.05) is 0 Å². The molecule has 2 aliphatic carbocycles. The fourth-order valence-electron chi connectivity index (χ4n) is 3.37. The smallest absolute Gasteiger partial charge is 0.0571 e. The van der Waals surface area contributed by atoms with Gasteiger partial charge in [-0.15, -0.1) is 0 Å². The Bertz CT molecular complexity index is 377. The zero-order valence-corrected chi connectivity index (χ0v) is 10.6. The van der Waals surface area contributed by atoms with Crippen molar-refractivity contribution in [2.45, 2.75) is 57.0 Å².